The summed E-state index contributed by atoms with van der Waals surface area (Å²) in [5.74, 6) is 1.96. The molecular formula is C56H87Cl4I2NNaO6Zn. The van der Waals surface area contributed by atoms with E-state index in [2.05, 4.69) is 222 Å². The molecule has 7 nitrogen and oxygen atoms in total. The molecule has 4 unspecified atom stereocenters. The van der Waals surface area contributed by atoms with E-state index in [-0.39, 0.29) is 35.5 Å². The number of halogens is 6. The first-order valence-corrected chi connectivity index (χ1v) is 34.9. The summed E-state index contributed by atoms with van der Waals surface area (Å²) in [6.45, 7) is 22.5. The van der Waals surface area contributed by atoms with Crippen molar-refractivity contribution in [1.29, 1.82) is 0 Å². The Hall–Kier alpha value is -0.477. The van der Waals surface area contributed by atoms with Gasteiger partial charge in [0.15, 0.2) is 0 Å². The molecule has 0 heterocycles. The molecule has 0 aliphatic heterocycles. The van der Waals surface area contributed by atoms with Crippen LogP contribution in [0.15, 0.2) is 115 Å². The van der Waals surface area contributed by atoms with E-state index in [1.807, 2.05) is 25.1 Å². The van der Waals surface area contributed by atoms with E-state index in [0.29, 0.717) is 42.2 Å². The number of methoxy groups -OCH3 is 2. The van der Waals surface area contributed by atoms with Crippen molar-refractivity contribution < 1.29 is 99.2 Å². The zero-order valence-electron chi connectivity index (χ0n) is 46.3. The predicted molar refractivity (Wildman–Crippen MR) is 303 cm³/mol. The number of carbonyl (C=O) groups excluding carboxylic acids is 2. The summed E-state index contributed by atoms with van der Waals surface area (Å²) in [5, 5.41) is 8.89. The fourth-order valence-electron chi connectivity index (χ4n) is 4.86. The Bertz CT molecular complexity index is 1710. The second-order valence-electron chi connectivity index (χ2n) is 16.5. The van der Waals surface area contributed by atoms with E-state index in [9.17, 15) is 4.79 Å². The largest absolute Gasteiger partial charge is 1.00 e. The topological polar surface area (TPSA) is 84.9 Å². The first kappa shape index (κ1) is 81.9. The molecule has 0 bridgehead atoms. The van der Waals surface area contributed by atoms with Gasteiger partial charge in [0.05, 0.1) is 13.4 Å². The number of ether oxygens (including phenoxy) is 3. The minimum absolute atomic E-state index is 0. The number of rotatable bonds is 14. The van der Waals surface area contributed by atoms with Crippen molar-refractivity contribution in [3.63, 3.8) is 0 Å². The molecule has 0 saturated carbocycles. The Morgan fingerprint density at radius 3 is 1.15 bits per heavy atom. The van der Waals surface area contributed by atoms with Crippen LogP contribution in [0.25, 0.3) is 0 Å². The van der Waals surface area contributed by atoms with Crippen molar-refractivity contribution in [2.24, 2.45) is 0 Å². The summed E-state index contributed by atoms with van der Waals surface area (Å²) in [6.07, 6.45) is 8.25. The Kier molecular flexibility index (Phi) is 66.0. The van der Waals surface area contributed by atoms with Crippen LogP contribution in [0, 0.1) is 0 Å². The fraction of sp³-hybridized carbons (Fsp3) is 0.500. The molecule has 0 spiro atoms. The Balaban J connectivity index is -0.000000175. The molecule has 0 aromatic heterocycles. The van der Waals surface area contributed by atoms with Gasteiger partial charge in [-0.05, 0) is 102 Å². The van der Waals surface area contributed by atoms with Crippen molar-refractivity contribution in [2.45, 2.75) is 142 Å². The summed E-state index contributed by atoms with van der Waals surface area (Å²) in [4.78, 5) is 19.5. The molecule has 15 heteroatoms. The Morgan fingerprint density at radius 1 is 0.662 bits per heavy atom. The number of carboxylic acids is 1. The zero-order chi connectivity index (χ0) is 54.9. The van der Waals surface area contributed by atoms with Crippen molar-refractivity contribution in [1.82, 2.24) is 0 Å². The van der Waals surface area contributed by atoms with Crippen LogP contribution in [-0.4, -0.2) is 56.1 Å². The van der Waals surface area contributed by atoms with E-state index < -0.39 is 21.1 Å². The minimum atomic E-state index is -1.08. The van der Waals surface area contributed by atoms with Gasteiger partial charge in [0.2, 0.25) is 0 Å². The molecule has 4 atom stereocenters. The Morgan fingerprint density at radius 2 is 0.944 bits per heavy atom. The molecule has 1 radical (unpaired) electrons. The number of aliphatic carboxylic acids is 1. The van der Waals surface area contributed by atoms with Crippen LogP contribution < -0.4 is 57.5 Å². The molecule has 4 aromatic rings. The maximum absolute atomic E-state index is 10.6. The number of alkyl halides is 3. The summed E-state index contributed by atoms with van der Waals surface area (Å²) in [5.41, 5.74) is 9.31. The number of quaternary nitrogens is 1. The molecule has 0 fully saturated rings. The number of carbonyl (C=O) groups is 2. The van der Waals surface area contributed by atoms with Crippen LogP contribution in [-0.2, 0) is 55.9 Å². The number of esters is 1. The number of benzene rings is 4. The van der Waals surface area contributed by atoms with E-state index in [1.54, 1.807) is 20.5 Å². The second kappa shape index (κ2) is 57.2. The SMILES string of the molecule is CC(=O)[O-].CC=COC.CCC(C)c1ccc(CCl)cc1.CCC(C)c1ccc(CI)cc1.CCC(C)c1ccc(COC(C)=O)cc1.CCC(C)c1ccccc1.COCCl.C[N+](C)(C)[I-].[Cl][Zn][Cl].[Na+]. The van der Waals surface area contributed by atoms with E-state index >= 15 is 0 Å². The minimum Gasteiger partial charge on any atom is 1.00 e. The predicted octanol–water partition coefficient (Wildman–Crippen LogP) is 10.8. The first-order valence-electron chi connectivity index (χ1n) is 23.6. The normalized spacial score (nSPS) is 11.2. The third kappa shape index (κ3) is 58.6. The van der Waals surface area contributed by atoms with Gasteiger partial charge in [-0.1, -0.05) is 199 Å². The van der Waals surface area contributed by atoms with Crippen LogP contribution in [0.3, 0.4) is 0 Å². The smallest absolute Gasteiger partial charge is 1.00 e. The summed E-state index contributed by atoms with van der Waals surface area (Å²) >= 11 is 14.4. The van der Waals surface area contributed by atoms with Crippen LogP contribution in [0.5, 0.6) is 0 Å². The average molecular weight is 1350 g/mol. The molecule has 0 saturated heterocycles. The zero-order valence-corrected chi connectivity index (χ0v) is 58.6. The maximum Gasteiger partial charge on any atom is 1.00 e. The number of nitrogens with zero attached hydrogens (tertiary/aromatic N) is 1. The molecule has 397 valence electrons. The fourth-order valence-corrected chi connectivity index (χ4v) is 5.55. The maximum atomic E-state index is 10.6. The van der Waals surface area contributed by atoms with Crippen molar-refractivity contribution >= 4 is 77.1 Å². The third-order valence-electron chi connectivity index (χ3n) is 9.60. The van der Waals surface area contributed by atoms with Gasteiger partial charge in [-0.3, -0.25) is 4.79 Å². The van der Waals surface area contributed by atoms with Gasteiger partial charge >= 0.3 is 70.1 Å². The van der Waals surface area contributed by atoms with Gasteiger partial charge in [0.25, 0.3) is 0 Å². The molecule has 0 amide bonds. The van der Waals surface area contributed by atoms with Crippen LogP contribution in [0.4, 0.5) is 0 Å². The molecule has 0 aliphatic rings. The van der Waals surface area contributed by atoms with Gasteiger partial charge in [-0.15, -0.1) is 11.6 Å². The van der Waals surface area contributed by atoms with E-state index in [4.69, 9.17) is 57.2 Å². The molecule has 4 aromatic carbocycles. The number of hydrogen-bond donors (Lipinski definition) is 0. The van der Waals surface area contributed by atoms with Crippen molar-refractivity contribution in [2.75, 3.05) is 41.4 Å². The van der Waals surface area contributed by atoms with Gasteiger partial charge < -0.3 is 49.7 Å². The standard InChI is InChI=1S/C13H18O2.C11H15Cl.C11H15I.C10H14.C4H8O.C3H9IN.C2H5ClO.C2H4O2.2ClH.Na.Zn/c1-4-10(2)13-7-5-12(6-8-13)9-15-11(3)14;2*1-3-9(2)11-6-4-10(8-12)5-7-11;1-3-9(2)10-7-5-4-6-8-10;1-3-4-5-2;1-5(2,3)4;1-4-2-3;1-2(3)4;;;;/h5-8,10H,4,9H2,1-3H3;2*4-7,9H,3,8H2,1-2H3;4-9H,3H2,1-2H3;3-4H,1-2H3;1-3H3;2H2,1H3;1H3,(H,3,4);2*1H;;/q;;;;;;;;;;+1;+2/p-3. The van der Waals surface area contributed by atoms with E-state index in [0.717, 1.165) is 26.0 Å². The first-order chi connectivity index (χ1) is 33.0. The Labute approximate surface area is 508 Å². The third-order valence-corrected chi connectivity index (χ3v) is 11.0. The van der Waals surface area contributed by atoms with Gasteiger partial charge in [-0.25, -0.2) is 0 Å². The van der Waals surface area contributed by atoms with Crippen LogP contribution in [0.1, 0.15) is 164 Å². The molecule has 71 heavy (non-hydrogen) atoms. The second-order valence-corrected chi connectivity index (χ2v) is 25.2. The van der Waals surface area contributed by atoms with Gasteiger partial charge in [0, 0.05) is 51.5 Å². The molecular weight excluding hydrogens is 1270 g/mol. The number of allylic oxidation sites excluding steroid dienone is 1. The molecule has 0 N–H and O–H groups in total. The summed E-state index contributed by atoms with van der Waals surface area (Å²) < 4.78 is 15.8. The van der Waals surface area contributed by atoms with Crippen molar-refractivity contribution in [3.8, 4) is 0 Å². The summed E-state index contributed by atoms with van der Waals surface area (Å²) in [6, 6.07) is 36.7. The van der Waals surface area contributed by atoms with Crippen LogP contribution in [0.2, 0.25) is 0 Å². The number of carboxylic acid groups (broad SMARTS) is 1. The van der Waals surface area contributed by atoms with Gasteiger partial charge in [0.1, 0.15) is 12.7 Å². The summed E-state index contributed by atoms with van der Waals surface area (Å²) in [7, 11) is 19.4. The number of hydrogen-bond acceptors (Lipinski definition) is 6. The van der Waals surface area contributed by atoms with Crippen LogP contribution >= 0.6 is 65.2 Å². The average Bonchev–Trinajstić information content (AvgIpc) is 3.35. The quantitative estimate of drug-likeness (QED) is 0.0312. The van der Waals surface area contributed by atoms with Crippen molar-refractivity contribution in [3.05, 3.63) is 154 Å². The molecule has 4 rings (SSSR count). The monoisotopic (exact) mass is 1350 g/mol. The van der Waals surface area contributed by atoms with Gasteiger partial charge in [-0.2, -0.15) is 0 Å². The van der Waals surface area contributed by atoms with E-state index in [1.165, 1.54) is 59.6 Å². The molecule has 0 aliphatic carbocycles.